The van der Waals surface area contributed by atoms with E-state index in [1.54, 1.807) is 18.0 Å². The predicted octanol–water partition coefficient (Wildman–Crippen LogP) is 3.84. The first-order valence-corrected chi connectivity index (χ1v) is 6.89. The van der Waals surface area contributed by atoms with Gasteiger partial charge in [-0.3, -0.25) is 4.57 Å². The second-order valence-electron chi connectivity index (χ2n) is 3.72. The van der Waals surface area contributed by atoms with Crippen molar-refractivity contribution >= 4 is 23.4 Å². The molecule has 0 aliphatic rings. The maximum absolute atomic E-state index is 8.55. The number of nitrogens with zero attached hydrogens (tertiary/aromatic N) is 3. The molecule has 0 saturated carbocycles. The number of nitriles is 1. The molecule has 18 heavy (non-hydrogen) atoms. The molecule has 0 fully saturated rings. The Hall–Kier alpha value is -1.44. The predicted molar refractivity (Wildman–Crippen MR) is 74.3 cm³/mol. The standard InChI is InChI=1S/C13H12ClN3S/c1-10-11(14)4-2-5-12(10)17-8-7-16-13(17)18-9-3-6-15/h2,4-5,7-8H,3,9H2,1H3. The van der Waals surface area contributed by atoms with Gasteiger partial charge in [0.1, 0.15) is 0 Å². The number of aromatic nitrogens is 2. The van der Waals surface area contributed by atoms with Crippen LogP contribution in [-0.2, 0) is 0 Å². The first-order valence-electron chi connectivity index (χ1n) is 5.52. The molecule has 0 radical (unpaired) electrons. The van der Waals surface area contributed by atoms with Crippen LogP contribution in [-0.4, -0.2) is 15.3 Å². The van der Waals surface area contributed by atoms with Crippen LogP contribution in [0.4, 0.5) is 0 Å². The van der Waals surface area contributed by atoms with Crippen molar-refractivity contribution in [3.05, 3.63) is 41.2 Å². The van der Waals surface area contributed by atoms with Crippen molar-refractivity contribution < 1.29 is 0 Å². The molecule has 3 nitrogen and oxygen atoms in total. The molecule has 2 aromatic rings. The van der Waals surface area contributed by atoms with Crippen molar-refractivity contribution in [2.24, 2.45) is 0 Å². The van der Waals surface area contributed by atoms with Crippen molar-refractivity contribution in [2.45, 2.75) is 18.5 Å². The summed E-state index contributed by atoms with van der Waals surface area (Å²) in [6.45, 7) is 1.99. The Morgan fingerprint density at radius 1 is 1.50 bits per heavy atom. The number of hydrogen-bond donors (Lipinski definition) is 0. The first-order chi connectivity index (χ1) is 8.74. The van der Waals surface area contributed by atoms with Gasteiger partial charge in [0.15, 0.2) is 5.16 Å². The molecule has 0 aliphatic heterocycles. The van der Waals surface area contributed by atoms with E-state index in [4.69, 9.17) is 16.9 Å². The largest absolute Gasteiger partial charge is 0.295 e. The summed E-state index contributed by atoms with van der Waals surface area (Å²) in [7, 11) is 0. The summed E-state index contributed by atoms with van der Waals surface area (Å²) in [6.07, 6.45) is 4.19. The van der Waals surface area contributed by atoms with Crippen molar-refractivity contribution in [1.82, 2.24) is 9.55 Å². The highest BCUT2D eigenvalue weighted by molar-refractivity contribution is 7.99. The number of imidazole rings is 1. The topological polar surface area (TPSA) is 41.6 Å². The summed E-state index contributed by atoms with van der Waals surface area (Å²) in [6, 6.07) is 7.94. The lowest BCUT2D eigenvalue weighted by Gasteiger charge is -2.11. The number of thioether (sulfide) groups is 1. The van der Waals surface area contributed by atoms with E-state index in [-0.39, 0.29) is 0 Å². The van der Waals surface area contributed by atoms with Crippen molar-refractivity contribution in [3.63, 3.8) is 0 Å². The number of rotatable bonds is 4. The minimum absolute atomic E-state index is 0.520. The molecule has 1 aromatic carbocycles. The van der Waals surface area contributed by atoms with Crippen LogP contribution < -0.4 is 0 Å². The van der Waals surface area contributed by atoms with E-state index in [1.165, 1.54) is 0 Å². The van der Waals surface area contributed by atoms with Crippen molar-refractivity contribution in [1.29, 1.82) is 5.26 Å². The lowest BCUT2D eigenvalue weighted by Crippen LogP contribution is -1.98. The summed E-state index contributed by atoms with van der Waals surface area (Å²) in [5, 5.41) is 10.2. The Morgan fingerprint density at radius 3 is 3.11 bits per heavy atom. The van der Waals surface area contributed by atoms with Crippen LogP contribution in [0, 0.1) is 18.3 Å². The lowest BCUT2D eigenvalue weighted by molar-refractivity contribution is 0.887. The Bertz CT molecular complexity index is 586. The second-order valence-corrected chi connectivity index (χ2v) is 5.19. The van der Waals surface area contributed by atoms with Crippen LogP contribution in [0.25, 0.3) is 5.69 Å². The fourth-order valence-electron chi connectivity index (χ4n) is 1.62. The Morgan fingerprint density at radius 2 is 2.33 bits per heavy atom. The summed E-state index contributed by atoms with van der Waals surface area (Å²) in [5.41, 5.74) is 2.05. The molecule has 1 aromatic heterocycles. The average Bonchev–Trinajstić information content (AvgIpc) is 2.81. The van der Waals surface area contributed by atoms with Crippen LogP contribution in [0.5, 0.6) is 0 Å². The highest BCUT2D eigenvalue weighted by Crippen LogP contribution is 2.26. The van der Waals surface area contributed by atoms with Crippen LogP contribution in [0.1, 0.15) is 12.0 Å². The number of hydrogen-bond acceptors (Lipinski definition) is 3. The third-order valence-corrected chi connectivity index (χ3v) is 3.93. The molecule has 0 atom stereocenters. The minimum atomic E-state index is 0.520. The van der Waals surface area contributed by atoms with Crippen LogP contribution in [0.15, 0.2) is 35.7 Å². The van der Waals surface area contributed by atoms with Gasteiger partial charge >= 0.3 is 0 Å². The molecule has 0 spiro atoms. The van der Waals surface area contributed by atoms with E-state index in [0.717, 1.165) is 27.2 Å². The van der Waals surface area contributed by atoms with Gasteiger partial charge in [-0.2, -0.15) is 5.26 Å². The summed E-state index contributed by atoms with van der Waals surface area (Å²) >= 11 is 7.70. The normalized spacial score (nSPS) is 10.3. The van der Waals surface area contributed by atoms with E-state index >= 15 is 0 Å². The van der Waals surface area contributed by atoms with Gasteiger partial charge in [0.05, 0.1) is 11.8 Å². The molecule has 0 saturated heterocycles. The van der Waals surface area contributed by atoms with Gasteiger partial charge in [-0.05, 0) is 24.6 Å². The molecule has 5 heteroatoms. The summed E-state index contributed by atoms with van der Waals surface area (Å²) in [4.78, 5) is 4.31. The Kier molecular flexibility index (Phi) is 4.29. The molecular weight excluding hydrogens is 266 g/mol. The molecule has 0 amide bonds. The molecule has 0 unspecified atom stereocenters. The SMILES string of the molecule is Cc1c(Cl)cccc1-n1ccnc1SCCC#N. The maximum Gasteiger partial charge on any atom is 0.172 e. The van der Waals surface area contributed by atoms with Gasteiger partial charge in [0.2, 0.25) is 0 Å². The molecule has 2 rings (SSSR count). The molecule has 0 bridgehead atoms. The highest BCUT2D eigenvalue weighted by atomic mass is 35.5. The zero-order chi connectivity index (χ0) is 13.0. The lowest BCUT2D eigenvalue weighted by atomic mass is 10.2. The smallest absolute Gasteiger partial charge is 0.172 e. The molecule has 92 valence electrons. The monoisotopic (exact) mass is 277 g/mol. The molecule has 0 N–H and O–H groups in total. The van der Waals surface area contributed by atoms with E-state index in [0.29, 0.717) is 6.42 Å². The average molecular weight is 278 g/mol. The zero-order valence-corrected chi connectivity index (χ0v) is 11.5. The van der Waals surface area contributed by atoms with E-state index < -0.39 is 0 Å². The number of halogens is 1. The van der Waals surface area contributed by atoms with Gasteiger partial charge < -0.3 is 0 Å². The van der Waals surface area contributed by atoms with E-state index in [9.17, 15) is 0 Å². The fourth-order valence-corrected chi connectivity index (χ4v) is 2.60. The number of benzene rings is 1. The maximum atomic E-state index is 8.55. The minimum Gasteiger partial charge on any atom is -0.295 e. The van der Waals surface area contributed by atoms with Crippen molar-refractivity contribution in [3.8, 4) is 11.8 Å². The Balaban J connectivity index is 2.31. The molecule has 0 aliphatic carbocycles. The quantitative estimate of drug-likeness (QED) is 0.630. The van der Waals surface area contributed by atoms with E-state index in [1.807, 2.05) is 35.9 Å². The van der Waals surface area contributed by atoms with Gasteiger partial charge in [0.25, 0.3) is 0 Å². The van der Waals surface area contributed by atoms with Gasteiger partial charge in [-0.15, -0.1) is 0 Å². The van der Waals surface area contributed by atoms with E-state index in [2.05, 4.69) is 11.1 Å². The van der Waals surface area contributed by atoms with Gasteiger partial charge in [0, 0.05) is 29.6 Å². The Labute approximate surface area is 115 Å². The first kappa shape index (κ1) is 13.0. The van der Waals surface area contributed by atoms with Crippen LogP contribution >= 0.6 is 23.4 Å². The van der Waals surface area contributed by atoms with Crippen LogP contribution in [0.3, 0.4) is 0 Å². The third kappa shape index (κ3) is 2.69. The molecule has 1 heterocycles. The third-order valence-electron chi connectivity index (χ3n) is 2.55. The highest BCUT2D eigenvalue weighted by Gasteiger charge is 2.09. The zero-order valence-electron chi connectivity index (χ0n) is 9.93. The van der Waals surface area contributed by atoms with Gasteiger partial charge in [-0.1, -0.05) is 29.4 Å². The van der Waals surface area contributed by atoms with Crippen LogP contribution in [0.2, 0.25) is 5.02 Å². The molecular formula is C13H12ClN3S. The van der Waals surface area contributed by atoms with Gasteiger partial charge in [-0.25, -0.2) is 4.98 Å². The summed E-state index contributed by atoms with van der Waals surface area (Å²) in [5.74, 6) is 0.743. The second kappa shape index (κ2) is 5.94. The summed E-state index contributed by atoms with van der Waals surface area (Å²) < 4.78 is 2.00. The van der Waals surface area contributed by atoms with Crippen molar-refractivity contribution in [2.75, 3.05) is 5.75 Å². The fraction of sp³-hybridized carbons (Fsp3) is 0.231.